The number of carbonyl (C=O) groups excluding carboxylic acids is 2. The SMILES string of the molecule is O=CN1CCN(C(=O)CN2CCCNCC2)CC1. The molecule has 1 N–H and O–H groups in total. The molecule has 2 aliphatic rings. The van der Waals surface area contributed by atoms with Crippen molar-refractivity contribution in [3.05, 3.63) is 0 Å². The summed E-state index contributed by atoms with van der Waals surface area (Å²) in [6, 6.07) is 0. The van der Waals surface area contributed by atoms with E-state index in [0.717, 1.165) is 39.0 Å². The lowest BCUT2D eigenvalue weighted by molar-refractivity contribution is -0.136. The predicted octanol–water partition coefficient (Wildman–Crippen LogP) is -1.42. The Bertz CT molecular complexity index is 282. The van der Waals surface area contributed by atoms with Crippen LogP contribution in [0, 0.1) is 0 Å². The Morgan fingerprint density at radius 1 is 1.06 bits per heavy atom. The van der Waals surface area contributed by atoms with Crippen LogP contribution in [0.25, 0.3) is 0 Å². The zero-order valence-corrected chi connectivity index (χ0v) is 10.8. The fourth-order valence-electron chi connectivity index (χ4n) is 2.43. The van der Waals surface area contributed by atoms with Crippen LogP contribution in [0.15, 0.2) is 0 Å². The van der Waals surface area contributed by atoms with Gasteiger partial charge in [-0.25, -0.2) is 0 Å². The van der Waals surface area contributed by atoms with E-state index < -0.39 is 0 Å². The summed E-state index contributed by atoms with van der Waals surface area (Å²) in [5.41, 5.74) is 0. The molecule has 0 aromatic carbocycles. The van der Waals surface area contributed by atoms with Gasteiger partial charge in [0.25, 0.3) is 0 Å². The number of piperazine rings is 1. The second-order valence-corrected chi connectivity index (χ2v) is 4.90. The number of hydrogen-bond acceptors (Lipinski definition) is 4. The van der Waals surface area contributed by atoms with E-state index in [1.165, 1.54) is 0 Å². The van der Waals surface area contributed by atoms with Gasteiger partial charge in [-0.3, -0.25) is 14.5 Å². The Kier molecular flexibility index (Phi) is 4.95. The molecular weight excluding hydrogens is 232 g/mol. The molecule has 2 saturated heterocycles. The molecule has 2 amide bonds. The first-order chi connectivity index (χ1) is 8.79. The van der Waals surface area contributed by atoms with Crippen molar-refractivity contribution in [2.24, 2.45) is 0 Å². The fraction of sp³-hybridized carbons (Fsp3) is 0.833. The molecule has 6 nitrogen and oxygen atoms in total. The van der Waals surface area contributed by atoms with Crippen LogP contribution in [0.5, 0.6) is 0 Å². The van der Waals surface area contributed by atoms with Crippen LogP contribution in [-0.2, 0) is 9.59 Å². The first kappa shape index (κ1) is 13.3. The maximum atomic E-state index is 12.1. The molecule has 102 valence electrons. The first-order valence-electron chi connectivity index (χ1n) is 6.70. The highest BCUT2D eigenvalue weighted by Crippen LogP contribution is 2.02. The summed E-state index contributed by atoms with van der Waals surface area (Å²) in [4.78, 5) is 28.5. The molecule has 0 aliphatic carbocycles. The van der Waals surface area contributed by atoms with E-state index >= 15 is 0 Å². The van der Waals surface area contributed by atoms with Crippen molar-refractivity contribution in [2.45, 2.75) is 6.42 Å². The van der Waals surface area contributed by atoms with Gasteiger partial charge in [0.05, 0.1) is 6.54 Å². The van der Waals surface area contributed by atoms with Crippen molar-refractivity contribution in [2.75, 3.05) is 58.9 Å². The van der Waals surface area contributed by atoms with Gasteiger partial charge < -0.3 is 15.1 Å². The molecule has 0 bridgehead atoms. The minimum atomic E-state index is 0.197. The molecule has 0 radical (unpaired) electrons. The van der Waals surface area contributed by atoms with E-state index in [0.29, 0.717) is 32.7 Å². The topological polar surface area (TPSA) is 55.9 Å². The minimum Gasteiger partial charge on any atom is -0.342 e. The maximum absolute atomic E-state index is 12.1. The molecule has 0 aromatic heterocycles. The highest BCUT2D eigenvalue weighted by atomic mass is 16.2. The van der Waals surface area contributed by atoms with E-state index in [2.05, 4.69) is 10.2 Å². The Hall–Kier alpha value is -1.14. The van der Waals surface area contributed by atoms with Gasteiger partial charge in [0.15, 0.2) is 0 Å². The summed E-state index contributed by atoms with van der Waals surface area (Å²) in [7, 11) is 0. The molecule has 2 rings (SSSR count). The lowest BCUT2D eigenvalue weighted by Crippen LogP contribution is -2.51. The minimum absolute atomic E-state index is 0.197. The summed E-state index contributed by atoms with van der Waals surface area (Å²) in [5, 5.41) is 3.33. The second kappa shape index (κ2) is 6.70. The quantitative estimate of drug-likeness (QED) is 0.628. The summed E-state index contributed by atoms with van der Waals surface area (Å²) in [6.07, 6.45) is 1.97. The molecule has 2 heterocycles. The van der Waals surface area contributed by atoms with Crippen molar-refractivity contribution in [1.82, 2.24) is 20.0 Å². The smallest absolute Gasteiger partial charge is 0.236 e. The number of rotatable bonds is 3. The van der Waals surface area contributed by atoms with Crippen molar-refractivity contribution in [1.29, 1.82) is 0 Å². The zero-order valence-electron chi connectivity index (χ0n) is 10.8. The van der Waals surface area contributed by atoms with Gasteiger partial charge in [-0.15, -0.1) is 0 Å². The van der Waals surface area contributed by atoms with E-state index in [-0.39, 0.29) is 5.91 Å². The molecular formula is C12H22N4O2. The van der Waals surface area contributed by atoms with E-state index in [1.54, 1.807) is 4.90 Å². The lowest BCUT2D eigenvalue weighted by Gasteiger charge is -2.33. The molecule has 0 saturated carbocycles. The van der Waals surface area contributed by atoms with Crippen molar-refractivity contribution >= 4 is 12.3 Å². The Morgan fingerprint density at radius 3 is 2.56 bits per heavy atom. The van der Waals surface area contributed by atoms with Gasteiger partial charge in [0, 0.05) is 39.3 Å². The Balaban J connectivity index is 1.75. The first-order valence-corrected chi connectivity index (χ1v) is 6.70. The molecule has 0 spiro atoms. The van der Waals surface area contributed by atoms with Gasteiger partial charge in [0.2, 0.25) is 12.3 Å². The summed E-state index contributed by atoms with van der Waals surface area (Å²) in [5.74, 6) is 0.197. The van der Waals surface area contributed by atoms with Crippen LogP contribution < -0.4 is 5.32 Å². The Labute approximate surface area is 108 Å². The normalized spacial score (nSPS) is 22.7. The highest BCUT2D eigenvalue weighted by molar-refractivity contribution is 5.78. The van der Waals surface area contributed by atoms with Crippen LogP contribution >= 0.6 is 0 Å². The number of amides is 2. The second-order valence-electron chi connectivity index (χ2n) is 4.90. The zero-order chi connectivity index (χ0) is 12.8. The maximum Gasteiger partial charge on any atom is 0.236 e. The highest BCUT2D eigenvalue weighted by Gasteiger charge is 2.22. The van der Waals surface area contributed by atoms with Crippen LogP contribution in [-0.4, -0.2) is 85.9 Å². The fourth-order valence-corrected chi connectivity index (χ4v) is 2.43. The van der Waals surface area contributed by atoms with Gasteiger partial charge in [-0.1, -0.05) is 0 Å². The molecule has 2 fully saturated rings. The summed E-state index contributed by atoms with van der Waals surface area (Å²) in [6.45, 7) is 7.13. The van der Waals surface area contributed by atoms with Crippen LogP contribution in [0.4, 0.5) is 0 Å². The molecule has 0 aromatic rings. The lowest BCUT2D eigenvalue weighted by atomic mass is 10.3. The molecule has 18 heavy (non-hydrogen) atoms. The van der Waals surface area contributed by atoms with E-state index in [1.807, 2.05) is 4.90 Å². The molecule has 6 heteroatoms. The summed E-state index contributed by atoms with van der Waals surface area (Å²) >= 11 is 0. The third-order valence-corrected chi connectivity index (χ3v) is 3.61. The molecule has 0 unspecified atom stereocenters. The molecule has 2 aliphatic heterocycles. The number of nitrogens with zero attached hydrogens (tertiary/aromatic N) is 3. The molecule has 0 atom stereocenters. The number of carbonyl (C=O) groups is 2. The monoisotopic (exact) mass is 254 g/mol. The van der Waals surface area contributed by atoms with Gasteiger partial charge in [-0.05, 0) is 19.5 Å². The third-order valence-electron chi connectivity index (χ3n) is 3.61. The van der Waals surface area contributed by atoms with Crippen molar-refractivity contribution < 1.29 is 9.59 Å². The predicted molar refractivity (Wildman–Crippen MR) is 68.1 cm³/mol. The third kappa shape index (κ3) is 3.68. The van der Waals surface area contributed by atoms with Crippen molar-refractivity contribution in [3.8, 4) is 0 Å². The van der Waals surface area contributed by atoms with Gasteiger partial charge in [-0.2, -0.15) is 0 Å². The largest absolute Gasteiger partial charge is 0.342 e. The Morgan fingerprint density at radius 2 is 1.83 bits per heavy atom. The standard InChI is InChI=1S/C12H22N4O2/c17-11-15-6-8-16(9-7-15)12(18)10-14-4-1-2-13-3-5-14/h11,13H,1-10H2. The summed E-state index contributed by atoms with van der Waals surface area (Å²) < 4.78 is 0. The van der Waals surface area contributed by atoms with E-state index in [4.69, 9.17) is 0 Å². The van der Waals surface area contributed by atoms with Crippen LogP contribution in [0.2, 0.25) is 0 Å². The number of nitrogens with one attached hydrogen (secondary N) is 1. The van der Waals surface area contributed by atoms with E-state index in [9.17, 15) is 9.59 Å². The number of hydrogen-bond donors (Lipinski definition) is 1. The van der Waals surface area contributed by atoms with Crippen molar-refractivity contribution in [3.63, 3.8) is 0 Å². The van der Waals surface area contributed by atoms with Gasteiger partial charge in [0.1, 0.15) is 0 Å². The average molecular weight is 254 g/mol. The van der Waals surface area contributed by atoms with Crippen LogP contribution in [0.3, 0.4) is 0 Å². The van der Waals surface area contributed by atoms with Gasteiger partial charge >= 0.3 is 0 Å². The van der Waals surface area contributed by atoms with Crippen LogP contribution in [0.1, 0.15) is 6.42 Å². The average Bonchev–Trinajstić information content (AvgIpc) is 2.67.